The molecule has 3 aliphatic rings. The second kappa shape index (κ2) is 11.1. The van der Waals surface area contributed by atoms with Gasteiger partial charge in [0, 0.05) is 36.7 Å². The van der Waals surface area contributed by atoms with Crippen LogP contribution >= 0.6 is 11.8 Å². The molecule has 0 radical (unpaired) electrons. The number of hydrogen-bond acceptors (Lipinski definition) is 8. The van der Waals surface area contributed by atoms with E-state index in [0.717, 1.165) is 66.7 Å². The average Bonchev–Trinajstić information content (AvgIpc) is 3.54. The zero-order valence-electron chi connectivity index (χ0n) is 19.9. The fourth-order valence-electron chi connectivity index (χ4n) is 4.65. The molecule has 2 atom stereocenters. The Kier molecular flexibility index (Phi) is 7.52. The van der Waals surface area contributed by atoms with Crippen LogP contribution in [0.1, 0.15) is 52.0 Å². The van der Waals surface area contributed by atoms with E-state index in [4.69, 9.17) is 4.74 Å². The van der Waals surface area contributed by atoms with Crippen molar-refractivity contribution in [2.75, 3.05) is 30.8 Å². The standard InChI is InChI=1S/C26H29N5O4S/c32-24(18-9-1-2-10-19(18)25(33)34)27-13-5-6-15-36-26-30-29-22-20-11-3-4-12-21(20)28-23(22)31(26)16-17-8-7-14-35-17/h1-4,9-12,17,23,28H,5-8,13-16H2,(H,27,32)(H,33,34)/t17-,23-/m1/s1. The van der Waals surface area contributed by atoms with E-state index in [2.05, 4.69) is 37.9 Å². The topological polar surface area (TPSA) is 116 Å². The maximum atomic E-state index is 12.4. The first kappa shape index (κ1) is 24.3. The normalized spacial score (nSPS) is 20.2. The number of unbranched alkanes of at least 4 members (excludes halogenated alkanes) is 1. The monoisotopic (exact) mass is 507 g/mol. The van der Waals surface area contributed by atoms with Crippen LogP contribution in [-0.2, 0) is 4.74 Å². The molecule has 188 valence electrons. The van der Waals surface area contributed by atoms with Gasteiger partial charge in [0.25, 0.3) is 5.91 Å². The summed E-state index contributed by atoms with van der Waals surface area (Å²) in [6.07, 6.45) is 3.90. The van der Waals surface area contributed by atoms with Crippen molar-refractivity contribution in [3.8, 4) is 0 Å². The van der Waals surface area contributed by atoms with Gasteiger partial charge in [-0.1, -0.05) is 42.1 Å². The number of carbonyl (C=O) groups is 2. The maximum Gasteiger partial charge on any atom is 0.336 e. The number of para-hydroxylation sites is 1. The number of amidine groups is 1. The van der Waals surface area contributed by atoms with Crippen LogP contribution in [0.5, 0.6) is 0 Å². The van der Waals surface area contributed by atoms with Crippen LogP contribution in [0.3, 0.4) is 0 Å². The minimum absolute atomic E-state index is 0.00907. The quantitative estimate of drug-likeness (QED) is 0.444. The number of amides is 1. The molecule has 1 amide bonds. The lowest BCUT2D eigenvalue weighted by Crippen LogP contribution is -2.50. The Balaban J connectivity index is 1.15. The lowest BCUT2D eigenvalue weighted by Gasteiger charge is -2.35. The minimum atomic E-state index is -1.11. The van der Waals surface area contributed by atoms with Crippen LogP contribution in [0.2, 0.25) is 0 Å². The second-order valence-corrected chi connectivity index (χ2v) is 9.97. The molecule has 2 aromatic carbocycles. The molecule has 1 fully saturated rings. The number of carbonyl (C=O) groups excluding carboxylic acids is 1. The summed E-state index contributed by atoms with van der Waals surface area (Å²) in [5.74, 6) is -0.648. The van der Waals surface area contributed by atoms with Crippen molar-refractivity contribution in [2.24, 2.45) is 10.2 Å². The largest absolute Gasteiger partial charge is 0.478 e. The number of nitrogens with one attached hydrogen (secondary N) is 2. The Bertz CT molecular complexity index is 1190. The van der Waals surface area contributed by atoms with Gasteiger partial charge in [-0.25, -0.2) is 4.79 Å². The number of ether oxygens (including phenoxy) is 1. The molecule has 3 N–H and O–H groups in total. The molecule has 36 heavy (non-hydrogen) atoms. The molecular formula is C26H29N5O4S. The van der Waals surface area contributed by atoms with Crippen molar-refractivity contribution in [3.05, 3.63) is 65.2 Å². The summed E-state index contributed by atoms with van der Waals surface area (Å²) in [6, 6.07) is 14.4. The molecule has 5 rings (SSSR count). The van der Waals surface area contributed by atoms with Gasteiger partial charge < -0.3 is 25.4 Å². The predicted octanol–water partition coefficient (Wildman–Crippen LogP) is 3.63. The first-order valence-electron chi connectivity index (χ1n) is 12.2. The first-order valence-corrected chi connectivity index (χ1v) is 13.2. The molecule has 0 bridgehead atoms. The van der Waals surface area contributed by atoms with E-state index < -0.39 is 5.97 Å². The highest BCUT2D eigenvalue weighted by molar-refractivity contribution is 8.13. The summed E-state index contributed by atoms with van der Waals surface area (Å²) in [7, 11) is 0. The van der Waals surface area contributed by atoms with Crippen LogP contribution in [0.15, 0.2) is 58.7 Å². The van der Waals surface area contributed by atoms with Crippen molar-refractivity contribution in [1.82, 2.24) is 10.2 Å². The lowest BCUT2D eigenvalue weighted by molar-refractivity contribution is 0.0691. The molecule has 10 heteroatoms. The zero-order valence-corrected chi connectivity index (χ0v) is 20.7. The fraction of sp³-hybridized carbons (Fsp3) is 0.385. The van der Waals surface area contributed by atoms with Gasteiger partial charge in [-0.3, -0.25) is 4.79 Å². The van der Waals surface area contributed by atoms with Crippen LogP contribution in [0.4, 0.5) is 5.69 Å². The Hall–Kier alpha value is -3.37. The smallest absolute Gasteiger partial charge is 0.336 e. The lowest BCUT2D eigenvalue weighted by atomic mass is 10.1. The van der Waals surface area contributed by atoms with Crippen molar-refractivity contribution >= 4 is 40.2 Å². The van der Waals surface area contributed by atoms with E-state index in [1.165, 1.54) is 12.1 Å². The third kappa shape index (κ3) is 5.24. The number of aromatic carboxylic acids is 1. The molecular weight excluding hydrogens is 478 g/mol. The van der Waals surface area contributed by atoms with Gasteiger partial charge in [0.1, 0.15) is 11.9 Å². The molecule has 0 spiro atoms. The number of carboxylic acid groups (broad SMARTS) is 1. The number of thioether (sulfide) groups is 1. The van der Waals surface area contributed by atoms with Gasteiger partial charge in [0.05, 0.1) is 17.2 Å². The van der Waals surface area contributed by atoms with E-state index in [1.807, 2.05) is 12.1 Å². The first-order chi connectivity index (χ1) is 17.6. The summed E-state index contributed by atoms with van der Waals surface area (Å²) in [6.45, 7) is 2.04. The number of anilines is 1. The van der Waals surface area contributed by atoms with E-state index >= 15 is 0 Å². The van der Waals surface area contributed by atoms with Crippen molar-refractivity contribution in [3.63, 3.8) is 0 Å². The van der Waals surface area contributed by atoms with E-state index in [0.29, 0.717) is 6.54 Å². The van der Waals surface area contributed by atoms with Crippen molar-refractivity contribution in [2.45, 2.75) is 38.0 Å². The van der Waals surface area contributed by atoms with Crippen molar-refractivity contribution in [1.29, 1.82) is 0 Å². The highest BCUT2D eigenvalue weighted by Crippen LogP contribution is 2.32. The Morgan fingerprint density at radius 2 is 1.92 bits per heavy atom. The number of benzene rings is 2. The van der Waals surface area contributed by atoms with Gasteiger partial charge in [-0.2, -0.15) is 0 Å². The average molecular weight is 508 g/mol. The molecule has 9 nitrogen and oxygen atoms in total. The molecule has 0 unspecified atom stereocenters. The summed E-state index contributed by atoms with van der Waals surface area (Å²) >= 11 is 1.66. The number of rotatable bonds is 9. The van der Waals surface area contributed by atoms with Gasteiger partial charge in [0.2, 0.25) is 0 Å². The van der Waals surface area contributed by atoms with E-state index in [1.54, 1.807) is 23.9 Å². The summed E-state index contributed by atoms with van der Waals surface area (Å²) in [5.41, 5.74) is 3.29. The second-order valence-electron chi connectivity index (χ2n) is 8.91. The molecule has 0 aromatic heterocycles. The third-order valence-electron chi connectivity index (χ3n) is 6.47. The molecule has 0 aliphatic carbocycles. The number of hydrogen-bond donors (Lipinski definition) is 3. The van der Waals surface area contributed by atoms with Crippen LogP contribution < -0.4 is 10.6 Å². The number of fused-ring (bicyclic) bond motifs is 3. The molecule has 1 saturated heterocycles. The summed E-state index contributed by atoms with van der Waals surface area (Å²) < 4.78 is 5.92. The number of nitrogens with zero attached hydrogens (tertiary/aromatic N) is 3. The Morgan fingerprint density at radius 1 is 1.11 bits per heavy atom. The highest BCUT2D eigenvalue weighted by Gasteiger charge is 2.38. The minimum Gasteiger partial charge on any atom is -0.478 e. The van der Waals surface area contributed by atoms with Gasteiger partial charge in [0.15, 0.2) is 5.17 Å². The van der Waals surface area contributed by atoms with Gasteiger partial charge in [-0.05, 0) is 43.9 Å². The summed E-state index contributed by atoms with van der Waals surface area (Å²) in [4.78, 5) is 26.0. The van der Waals surface area contributed by atoms with Gasteiger partial charge in [-0.15, -0.1) is 10.2 Å². The highest BCUT2D eigenvalue weighted by atomic mass is 32.2. The fourth-order valence-corrected chi connectivity index (χ4v) is 5.63. The molecule has 3 aliphatic heterocycles. The maximum absolute atomic E-state index is 12.4. The van der Waals surface area contributed by atoms with Crippen LogP contribution in [-0.4, -0.2) is 70.5 Å². The summed E-state index contributed by atoms with van der Waals surface area (Å²) in [5, 5.41) is 25.7. The van der Waals surface area contributed by atoms with Crippen LogP contribution in [0.25, 0.3) is 0 Å². The predicted molar refractivity (Wildman–Crippen MR) is 141 cm³/mol. The van der Waals surface area contributed by atoms with Crippen molar-refractivity contribution < 1.29 is 19.4 Å². The zero-order chi connectivity index (χ0) is 24.9. The Labute approximate surface area is 214 Å². The van der Waals surface area contributed by atoms with Gasteiger partial charge >= 0.3 is 5.97 Å². The number of carboxylic acids is 1. The Morgan fingerprint density at radius 3 is 2.72 bits per heavy atom. The van der Waals surface area contributed by atoms with E-state index in [9.17, 15) is 14.7 Å². The molecule has 3 heterocycles. The SMILES string of the molecule is O=C(O)c1ccccc1C(=O)NCCCCSC1=NN=C2c3ccccc3N[C@@H]2N1C[C@H]1CCCO1. The van der Waals surface area contributed by atoms with Crippen LogP contribution in [0, 0.1) is 0 Å². The third-order valence-corrected chi connectivity index (χ3v) is 7.54. The molecule has 2 aromatic rings. The van der Waals surface area contributed by atoms with E-state index in [-0.39, 0.29) is 29.3 Å². The molecule has 0 saturated carbocycles.